The predicted molar refractivity (Wildman–Crippen MR) is 149 cm³/mol. The summed E-state index contributed by atoms with van der Waals surface area (Å²) in [5, 5.41) is 54.6. The molecule has 12 nitrogen and oxygen atoms in total. The molecule has 5 rings (SSSR count). The predicted octanol–water partition coefficient (Wildman–Crippen LogP) is 1.80. The van der Waals surface area contributed by atoms with Gasteiger partial charge >= 0.3 is 5.63 Å². The Kier molecular flexibility index (Phi) is 8.68. The van der Waals surface area contributed by atoms with Crippen molar-refractivity contribution in [3.8, 4) is 17.2 Å². The highest BCUT2D eigenvalue weighted by molar-refractivity contribution is 6.07. The van der Waals surface area contributed by atoms with Crippen molar-refractivity contribution >= 4 is 21.5 Å². The molecule has 42 heavy (non-hydrogen) atoms. The van der Waals surface area contributed by atoms with Gasteiger partial charge in [-0.25, -0.2) is 4.79 Å². The largest absolute Gasteiger partial charge is 0.506 e. The maximum atomic E-state index is 12.6. The Bertz CT molecular complexity index is 1480. The van der Waals surface area contributed by atoms with Gasteiger partial charge in [-0.15, -0.1) is 0 Å². The highest BCUT2D eigenvalue weighted by atomic mass is 16.7. The van der Waals surface area contributed by atoms with Gasteiger partial charge in [0.1, 0.15) is 46.7 Å². The Morgan fingerprint density at radius 1 is 0.881 bits per heavy atom. The maximum absolute atomic E-state index is 12.6. The molecule has 2 aliphatic heterocycles. The highest BCUT2D eigenvalue weighted by Crippen LogP contribution is 2.42. The van der Waals surface area contributed by atoms with Crippen LogP contribution in [0.2, 0.25) is 0 Å². The van der Waals surface area contributed by atoms with Crippen molar-refractivity contribution in [1.29, 1.82) is 0 Å². The number of phenolic OH excluding ortho intramolecular Hbond substituents is 1. The van der Waals surface area contributed by atoms with Crippen LogP contribution in [0.25, 0.3) is 21.5 Å². The zero-order chi connectivity index (χ0) is 30.5. The van der Waals surface area contributed by atoms with Crippen molar-refractivity contribution in [2.75, 3.05) is 20.3 Å². The molecule has 5 N–H and O–H groups in total. The average molecular weight is 591 g/mol. The molecule has 2 saturated heterocycles. The zero-order valence-corrected chi connectivity index (χ0v) is 24.1. The van der Waals surface area contributed by atoms with E-state index in [2.05, 4.69) is 0 Å². The first-order valence-corrected chi connectivity index (χ1v) is 14.0. The lowest BCUT2D eigenvalue weighted by molar-refractivity contribution is -0.312. The maximum Gasteiger partial charge on any atom is 0.347 e. The molecule has 230 valence electrons. The van der Waals surface area contributed by atoms with Crippen LogP contribution in [0.15, 0.2) is 33.5 Å². The Morgan fingerprint density at radius 3 is 2.29 bits per heavy atom. The summed E-state index contributed by atoms with van der Waals surface area (Å²) in [6, 6.07) is 6.39. The number of rotatable bonds is 7. The molecule has 0 unspecified atom stereocenters. The van der Waals surface area contributed by atoms with Crippen LogP contribution in [0.4, 0.5) is 0 Å². The Labute approximate surface area is 241 Å². The second-order valence-electron chi connectivity index (χ2n) is 11.3. The smallest absolute Gasteiger partial charge is 0.347 e. The quantitative estimate of drug-likeness (QED) is 0.253. The first kappa shape index (κ1) is 30.5. The van der Waals surface area contributed by atoms with Crippen molar-refractivity contribution in [3.63, 3.8) is 0 Å². The molecule has 0 aliphatic carbocycles. The second-order valence-corrected chi connectivity index (χ2v) is 11.3. The number of phenols is 1. The summed E-state index contributed by atoms with van der Waals surface area (Å²) in [6.45, 7) is 6.90. The highest BCUT2D eigenvalue weighted by Gasteiger charge is 2.47. The molecule has 0 radical (unpaired) electrons. The molecule has 2 aromatic carbocycles. The van der Waals surface area contributed by atoms with Crippen LogP contribution in [0, 0.1) is 24.7 Å². The van der Waals surface area contributed by atoms with Crippen LogP contribution in [0.3, 0.4) is 0 Å². The molecule has 3 heterocycles. The minimum Gasteiger partial charge on any atom is -0.506 e. The van der Waals surface area contributed by atoms with Crippen molar-refractivity contribution in [3.05, 3.63) is 40.4 Å². The van der Waals surface area contributed by atoms with Crippen molar-refractivity contribution in [1.82, 2.24) is 0 Å². The van der Waals surface area contributed by atoms with E-state index in [1.807, 2.05) is 20.8 Å². The lowest BCUT2D eigenvalue weighted by Crippen LogP contribution is -2.61. The van der Waals surface area contributed by atoms with Crippen LogP contribution >= 0.6 is 0 Å². The number of aryl methyl sites for hydroxylation is 1. The second kappa shape index (κ2) is 12.0. The van der Waals surface area contributed by atoms with E-state index in [0.717, 1.165) is 0 Å². The Balaban J connectivity index is 1.42. The molecule has 10 atom stereocenters. The number of methoxy groups -OCH3 is 1. The van der Waals surface area contributed by atoms with E-state index in [-0.39, 0.29) is 40.9 Å². The van der Waals surface area contributed by atoms with E-state index in [1.54, 1.807) is 25.1 Å². The summed E-state index contributed by atoms with van der Waals surface area (Å²) in [5.74, 6) is 0.476. The van der Waals surface area contributed by atoms with Crippen LogP contribution in [-0.2, 0) is 14.2 Å². The number of aliphatic hydroxyl groups is 4. The van der Waals surface area contributed by atoms with Gasteiger partial charge in [0.25, 0.3) is 0 Å². The molecule has 0 amide bonds. The summed E-state index contributed by atoms with van der Waals surface area (Å²) in [4.78, 5) is 12.6. The van der Waals surface area contributed by atoms with E-state index >= 15 is 0 Å². The van der Waals surface area contributed by atoms with Crippen molar-refractivity contribution in [2.45, 2.75) is 70.8 Å². The molecule has 2 aliphatic rings. The van der Waals surface area contributed by atoms with Gasteiger partial charge in [0.05, 0.1) is 31.8 Å². The number of ether oxygens (including phenoxy) is 5. The van der Waals surface area contributed by atoms with Gasteiger partial charge in [-0.2, -0.15) is 0 Å². The summed E-state index contributed by atoms with van der Waals surface area (Å²) in [5.41, 5.74) is -0.733. The monoisotopic (exact) mass is 590 g/mol. The number of fused-ring (bicyclic) bond motifs is 2. The van der Waals surface area contributed by atoms with Crippen molar-refractivity contribution in [2.24, 2.45) is 17.8 Å². The van der Waals surface area contributed by atoms with Crippen LogP contribution < -0.4 is 15.1 Å². The van der Waals surface area contributed by atoms with E-state index in [4.69, 9.17) is 28.1 Å². The molecule has 2 fully saturated rings. The van der Waals surface area contributed by atoms with Gasteiger partial charge in [-0.05, 0) is 47.7 Å². The molecular weight excluding hydrogens is 552 g/mol. The molecule has 0 spiro atoms. The van der Waals surface area contributed by atoms with Gasteiger partial charge in [-0.1, -0.05) is 20.8 Å². The van der Waals surface area contributed by atoms with E-state index in [1.165, 1.54) is 13.2 Å². The Hall–Kier alpha value is -2.97. The number of hydrogen-bond acceptors (Lipinski definition) is 12. The van der Waals surface area contributed by atoms with E-state index in [9.17, 15) is 30.3 Å². The molecule has 3 aromatic rings. The summed E-state index contributed by atoms with van der Waals surface area (Å²) in [7, 11) is 1.45. The topological polar surface area (TPSA) is 178 Å². The molecule has 0 saturated carbocycles. The third-order valence-electron chi connectivity index (χ3n) is 8.75. The standard InChI is InChI=1S/C30H38O12/c1-12-6-16-7-17-8-18(37-5)9-19(22(17)24(32)23(16)29(36)39-12)40-27-20(10-31)42-30(26(34)25(27)33)38-11-21-14(3)13(2)15(4)28(35)41-21/h6-9,13-15,20-21,25-28,30-35H,10-11H2,1-5H3/t13-,14-,15+,20+,21+,25+,26+,27+,28+,30+/m0/s1. The zero-order valence-electron chi connectivity index (χ0n) is 24.1. The molecule has 1 aromatic heterocycles. The van der Waals surface area contributed by atoms with E-state index in [0.29, 0.717) is 22.3 Å². The first-order chi connectivity index (χ1) is 19.9. The first-order valence-electron chi connectivity index (χ1n) is 14.0. The molecule has 0 bridgehead atoms. The fourth-order valence-electron chi connectivity index (χ4n) is 5.83. The fourth-order valence-corrected chi connectivity index (χ4v) is 5.83. The van der Waals surface area contributed by atoms with Gasteiger partial charge in [0.2, 0.25) is 0 Å². The average Bonchev–Trinajstić information content (AvgIpc) is 2.95. The van der Waals surface area contributed by atoms with Crippen LogP contribution in [-0.4, -0.2) is 89.0 Å². The van der Waals surface area contributed by atoms with Crippen LogP contribution in [0.5, 0.6) is 17.2 Å². The number of aromatic hydroxyl groups is 1. The lowest BCUT2D eigenvalue weighted by Gasteiger charge is -2.44. The third kappa shape index (κ3) is 5.44. The van der Waals surface area contributed by atoms with Gasteiger partial charge in [-0.3, -0.25) is 0 Å². The summed E-state index contributed by atoms with van der Waals surface area (Å²) < 4.78 is 34.0. The molecule has 12 heteroatoms. The normalized spacial score (nSPS) is 33.6. The number of hydrogen-bond donors (Lipinski definition) is 5. The van der Waals surface area contributed by atoms with E-state index < -0.39 is 61.1 Å². The number of aliphatic hydroxyl groups excluding tert-OH is 4. The third-order valence-corrected chi connectivity index (χ3v) is 8.75. The van der Waals surface area contributed by atoms with Gasteiger partial charge in [0, 0.05) is 12.0 Å². The molecular formula is C30H38O12. The van der Waals surface area contributed by atoms with Crippen LogP contribution in [0.1, 0.15) is 26.5 Å². The Morgan fingerprint density at radius 2 is 1.60 bits per heavy atom. The number of benzene rings is 2. The summed E-state index contributed by atoms with van der Waals surface area (Å²) >= 11 is 0. The van der Waals surface area contributed by atoms with Gasteiger partial charge in [0.15, 0.2) is 18.7 Å². The SMILES string of the molecule is COc1cc(O[C@H]2[C@H](O)[C@@H](O)[C@H](OC[C@H]3O[C@@H](O)[C@H](C)[C@@H](C)[C@@H]3C)O[C@@H]2CO)c2c(O)c3c(=O)oc(C)cc3cc2c1. The summed E-state index contributed by atoms with van der Waals surface area (Å²) in [6.07, 6.45) is -8.41. The lowest BCUT2D eigenvalue weighted by atomic mass is 9.79. The minimum absolute atomic E-state index is 0.0166. The fraction of sp³-hybridized carbons (Fsp3) is 0.567. The van der Waals surface area contributed by atoms with Gasteiger partial charge < -0.3 is 53.6 Å². The van der Waals surface area contributed by atoms with Crippen molar-refractivity contribution < 1.29 is 53.6 Å². The minimum atomic E-state index is -1.59.